The van der Waals surface area contributed by atoms with E-state index in [1.165, 1.54) is 19.2 Å². The fourth-order valence-electron chi connectivity index (χ4n) is 1.72. The number of anilines is 1. The number of ether oxygens (including phenoxy) is 1. The van der Waals surface area contributed by atoms with Gasteiger partial charge in [0.15, 0.2) is 0 Å². The highest BCUT2D eigenvalue weighted by molar-refractivity contribution is 5.91. The maximum absolute atomic E-state index is 11.4. The number of phenols is 1. The van der Waals surface area contributed by atoms with Gasteiger partial charge in [-0.25, -0.2) is 4.79 Å². The SMILES string of the molecule is COC(=O)c1ccc(O)c(NCc2ccccc2)c1. The number of methoxy groups -OCH3 is 1. The van der Waals surface area contributed by atoms with Crippen LogP contribution in [-0.4, -0.2) is 18.2 Å². The van der Waals surface area contributed by atoms with E-state index in [0.29, 0.717) is 17.8 Å². The Morgan fingerprint density at radius 3 is 2.63 bits per heavy atom. The van der Waals surface area contributed by atoms with Crippen molar-refractivity contribution in [1.29, 1.82) is 0 Å². The third-order valence-electron chi connectivity index (χ3n) is 2.74. The van der Waals surface area contributed by atoms with E-state index < -0.39 is 5.97 Å². The average Bonchev–Trinajstić information content (AvgIpc) is 2.46. The molecule has 0 aromatic heterocycles. The Morgan fingerprint density at radius 1 is 1.21 bits per heavy atom. The van der Waals surface area contributed by atoms with Crippen molar-refractivity contribution in [3.8, 4) is 5.75 Å². The maximum Gasteiger partial charge on any atom is 0.337 e. The van der Waals surface area contributed by atoms with E-state index in [2.05, 4.69) is 10.1 Å². The zero-order valence-electron chi connectivity index (χ0n) is 10.6. The standard InChI is InChI=1S/C15H15NO3/c1-19-15(18)12-7-8-14(17)13(9-12)16-10-11-5-3-2-4-6-11/h2-9,16-17H,10H2,1H3. The molecule has 2 aromatic carbocycles. The van der Waals surface area contributed by atoms with Gasteiger partial charge in [0.05, 0.1) is 18.4 Å². The van der Waals surface area contributed by atoms with E-state index >= 15 is 0 Å². The molecular formula is C15H15NO3. The summed E-state index contributed by atoms with van der Waals surface area (Å²) in [5, 5.41) is 12.8. The van der Waals surface area contributed by atoms with E-state index in [0.717, 1.165) is 5.56 Å². The van der Waals surface area contributed by atoms with Crippen molar-refractivity contribution >= 4 is 11.7 Å². The minimum Gasteiger partial charge on any atom is -0.506 e. The van der Waals surface area contributed by atoms with Crippen molar-refractivity contribution in [3.05, 3.63) is 59.7 Å². The van der Waals surface area contributed by atoms with Gasteiger partial charge < -0.3 is 15.2 Å². The number of hydrogen-bond acceptors (Lipinski definition) is 4. The molecule has 0 spiro atoms. The van der Waals surface area contributed by atoms with Crippen molar-refractivity contribution in [2.45, 2.75) is 6.54 Å². The highest BCUT2D eigenvalue weighted by Crippen LogP contribution is 2.25. The van der Waals surface area contributed by atoms with Crippen LogP contribution in [0.4, 0.5) is 5.69 Å². The molecule has 0 saturated heterocycles. The Morgan fingerprint density at radius 2 is 1.95 bits per heavy atom. The Balaban J connectivity index is 2.13. The molecule has 98 valence electrons. The summed E-state index contributed by atoms with van der Waals surface area (Å²) >= 11 is 0. The summed E-state index contributed by atoms with van der Waals surface area (Å²) in [4.78, 5) is 11.4. The van der Waals surface area contributed by atoms with Gasteiger partial charge in [0.1, 0.15) is 5.75 Å². The van der Waals surface area contributed by atoms with Gasteiger partial charge in [-0.1, -0.05) is 30.3 Å². The predicted molar refractivity (Wildman–Crippen MR) is 73.2 cm³/mol. The number of nitrogens with one attached hydrogen (secondary N) is 1. The molecule has 2 N–H and O–H groups in total. The molecule has 0 heterocycles. The Kier molecular flexibility index (Phi) is 4.03. The van der Waals surface area contributed by atoms with Crippen LogP contribution >= 0.6 is 0 Å². The van der Waals surface area contributed by atoms with Crippen molar-refractivity contribution < 1.29 is 14.6 Å². The Hall–Kier alpha value is -2.49. The summed E-state index contributed by atoms with van der Waals surface area (Å²) in [6.07, 6.45) is 0. The number of carbonyl (C=O) groups excluding carboxylic acids is 1. The van der Waals surface area contributed by atoms with Gasteiger partial charge in [0.2, 0.25) is 0 Å². The van der Waals surface area contributed by atoms with Crippen molar-refractivity contribution in [2.24, 2.45) is 0 Å². The van der Waals surface area contributed by atoms with Gasteiger partial charge in [0, 0.05) is 6.54 Å². The molecule has 0 aliphatic carbocycles. The molecule has 0 fully saturated rings. The highest BCUT2D eigenvalue weighted by atomic mass is 16.5. The van der Waals surface area contributed by atoms with Gasteiger partial charge in [0.25, 0.3) is 0 Å². The number of aromatic hydroxyl groups is 1. The van der Waals surface area contributed by atoms with Crippen molar-refractivity contribution in [3.63, 3.8) is 0 Å². The molecule has 19 heavy (non-hydrogen) atoms. The molecule has 2 aromatic rings. The normalized spacial score (nSPS) is 9.95. The molecule has 2 rings (SSSR count). The first kappa shape index (κ1) is 13.0. The van der Waals surface area contributed by atoms with Crippen molar-refractivity contribution in [2.75, 3.05) is 12.4 Å². The van der Waals surface area contributed by atoms with Gasteiger partial charge >= 0.3 is 5.97 Å². The second-order valence-electron chi connectivity index (χ2n) is 4.06. The molecule has 0 saturated carbocycles. The van der Waals surface area contributed by atoms with Crippen LogP contribution in [0.3, 0.4) is 0 Å². The van der Waals surface area contributed by atoms with Crippen LogP contribution in [0.25, 0.3) is 0 Å². The molecule has 0 aliphatic heterocycles. The first-order chi connectivity index (χ1) is 9.20. The van der Waals surface area contributed by atoms with Crippen LogP contribution in [-0.2, 0) is 11.3 Å². The predicted octanol–water partition coefficient (Wildman–Crippen LogP) is 2.79. The smallest absolute Gasteiger partial charge is 0.337 e. The molecule has 0 bridgehead atoms. The number of esters is 1. The third-order valence-corrected chi connectivity index (χ3v) is 2.74. The van der Waals surface area contributed by atoms with E-state index in [1.54, 1.807) is 6.07 Å². The summed E-state index contributed by atoms with van der Waals surface area (Å²) in [6.45, 7) is 0.568. The number of rotatable bonds is 4. The second-order valence-corrected chi connectivity index (χ2v) is 4.06. The summed E-state index contributed by atoms with van der Waals surface area (Å²) in [6, 6.07) is 14.4. The summed E-state index contributed by atoms with van der Waals surface area (Å²) < 4.78 is 4.65. The van der Waals surface area contributed by atoms with E-state index in [4.69, 9.17) is 0 Å². The number of phenolic OH excluding ortho intramolecular Hbond substituents is 1. The molecular weight excluding hydrogens is 242 g/mol. The summed E-state index contributed by atoms with van der Waals surface area (Å²) in [5.74, 6) is -0.327. The molecule has 0 atom stereocenters. The van der Waals surface area contributed by atoms with Crippen molar-refractivity contribution in [1.82, 2.24) is 0 Å². The minimum atomic E-state index is -0.428. The lowest BCUT2D eigenvalue weighted by molar-refractivity contribution is 0.0601. The molecule has 0 unspecified atom stereocenters. The van der Waals surface area contributed by atoms with Crippen LogP contribution < -0.4 is 5.32 Å². The largest absolute Gasteiger partial charge is 0.506 e. The van der Waals surface area contributed by atoms with E-state index in [9.17, 15) is 9.90 Å². The first-order valence-corrected chi connectivity index (χ1v) is 5.90. The lowest BCUT2D eigenvalue weighted by Crippen LogP contribution is -2.04. The molecule has 0 amide bonds. The van der Waals surface area contributed by atoms with Gasteiger partial charge in [-0.2, -0.15) is 0 Å². The molecule has 0 aliphatic rings. The van der Waals surface area contributed by atoms with E-state index in [-0.39, 0.29) is 5.75 Å². The van der Waals surface area contributed by atoms with Crippen LogP contribution in [0.15, 0.2) is 48.5 Å². The molecule has 4 nitrogen and oxygen atoms in total. The number of benzene rings is 2. The fourth-order valence-corrected chi connectivity index (χ4v) is 1.72. The van der Waals surface area contributed by atoms with Gasteiger partial charge in [-0.3, -0.25) is 0 Å². The van der Waals surface area contributed by atoms with Crippen LogP contribution in [0.2, 0.25) is 0 Å². The van der Waals surface area contributed by atoms with Gasteiger partial charge in [-0.15, -0.1) is 0 Å². The van der Waals surface area contributed by atoms with Gasteiger partial charge in [-0.05, 0) is 23.8 Å². The third kappa shape index (κ3) is 3.25. The van der Waals surface area contributed by atoms with Crippen LogP contribution in [0.1, 0.15) is 15.9 Å². The maximum atomic E-state index is 11.4. The number of hydrogen-bond donors (Lipinski definition) is 2. The lowest BCUT2D eigenvalue weighted by Gasteiger charge is -2.10. The Labute approximate surface area is 111 Å². The summed E-state index contributed by atoms with van der Waals surface area (Å²) in [7, 11) is 1.33. The number of carbonyl (C=O) groups is 1. The monoisotopic (exact) mass is 257 g/mol. The second kappa shape index (κ2) is 5.91. The van der Waals surface area contributed by atoms with E-state index in [1.807, 2.05) is 30.3 Å². The van der Waals surface area contributed by atoms with Crippen LogP contribution in [0.5, 0.6) is 5.75 Å². The topological polar surface area (TPSA) is 58.6 Å². The molecule has 4 heteroatoms. The lowest BCUT2D eigenvalue weighted by atomic mass is 10.1. The van der Waals surface area contributed by atoms with Crippen LogP contribution in [0, 0.1) is 0 Å². The zero-order valence-corrected chi connectivity index (χ0v) is 10.6. The average molecular weight is 257 g/mol. The summed E-state index contributed by atoms with van der Waals surface area (Å²) in [5.41, 5.74) is 1.99. The first-order valence-electron chi connectivity index (χ1n) is 5.90. The minimum absolute atomic E-state index is 0.101. The molecule has 0 radical (unpaired) electrons. The zero-order chi connectivity index (χ0) is 13.7. The highest BCUT2D eigenvalue weighted by Gasteiger charge is 2.09. The quantitative estimate of drug-likeness (QED) is 0.653. The Bertz CT molecular complexity index is 567. The fraction of sp³-hybridized carbons (Fsp3) is 0.133.